The van der Waals surface area contributed by atoms with Crippen molar-refractivity contribution in [2.24, 2.45) is 4.99 Å². The number of nitrogens with zero attached hydrogens (tertiary/aromatic N) is 2. The Morgan fingerprint density at radius 2 is 1.46 bits per heavy atom. The van der Waals surface area contributed by atoms with Gasteiger partial charge in [0.05, 0.1) is 12.3 Å². The summed E-state index contributed by atoms with van der Waals surface area (Å²) in [5.74, 6) is -0.672. The number of fused-ring (bicyclic) bond motifs is 1. The first kappa shape index (κ1) is 30.8. The quantitative estimate of drug-likeness (QED) is 0.166. The Balaban J connectivity index is 1.78. The molecule has 0 fully saturated rings. The fourth-order valence-electron chi connectivity index (χ4n) is 4.44. The number of esters is 1. The molecule has 0 spiro atoms. The van der Waals surface area contributed by atoms with Crippen molar-refractivity contribution in [1.82, 2.24) is 4.31 Å². The number of amidine groups is 1. The number of anilines is 1. The predicted octanol–water partition coefficient (Wildman–Crippen LogP) is 6.72. The van der Waals surface area contributed by atoms with Gasteiger partial charge >= 0.3 is 5.97 Å². The summed E-state index contributed by atoms with van der Waals surface area (Å²) in [5, 5.41) is 2.82. The van der Waals surface area contributed by atoms with Crippen LogP contribution in [0.1, 0.15) is 110 Å². The first-order valence-electron chi connectivity index (χ1n) is 14.0. The van der Waals surface area contributed by atoms with Crippen LogP contribution in [0.15, 0.2) is 28.1 Å². The van der Waals surface area contributed by atoms with Gasteiger partial charge in [-0.2, -0.15) is 0 Å². The van der Waals surface area contributed by atoms with Gasteiger partial charge in [-0.3, -0.25) is 13.9 Å². The zero-order valence-electron chi connectivity index (χ0n) is 22.9. The molecular formula is C28H45N3O5S. The zero-order valence-corrected chi connectivity index (χ0v) is 23.7. The summed E-state index contributed by atoms with van der Waals surface area (Å²) in [5.41, 5.74) is 0.480. The SMILES string of the molecule is CCCCCCCCCCCCCCCC(=O)Nc1cccc2c1N=C(CC(=O)OCC)N(C)S2(=O)=O. The molecule has 1 aromatic rings. The molecule has 208 valence electrons. The molecule has 1 heterocycles. The molecule has 1 aliphatic heterocycles. The number of hydrogen-bond acceptors (Lipinski definition) is 6. The Morgan fingerprint density at radius 3 is 2.03 bits per heavy atom. The van der Waals surface area contributed by atoms with Crippen LogP contribution in [0.25, 0.3) is 0 Å². The van der Waals surface area contributed by atoms with E-state index in [0.29, 0.717) is 12.1 Å². The second kappa shape index (κ2) is 16.4. The standard InChI is InChI=1S/C28H45N3O5S/c1-4-6-7-8-9-10-11-12-13-14-15-16-17-21-26(32)29-23-19-18-20-24-28(23)30-25(22-27(33)36-5-2)31(3)37(24,34)35/h18-20H,4-17,21-22H2,1-3H3,(H,29,32). The second-order valence-electron chi connectivity index (χ2n) is 9.68. The lowest BCUT2D eigenvalue weighted by atomic mass is 10.0. The van der Waals surface area contributed by atoms with Crippen molar-refractivity contribution in [3.63, 3.8) is 0 Å². The number of sulfonamides is 1. The fraction of sp³-hybridized carbons (Fsp3) is 0.679. The number of benzene rings is 1. The van der Waals surface area contributed by atoms with Gasteiger partial charge < -0.3 is 10.1 Å². The molecule has 37 heavy (non-hydrogen) atoms. The second-order valence-corrected chi connectivity index (χ2v) is 11.6. The van der Waals surface area contributed by atoms with Crippen LogP contribution >= 0.6 is 0 Å². The van der Waals surface area contributed by atoms with Crippen molar-refractivity contribution < 1.29 is 22.7 Å². The van der Waals surface area contributed by atoms with Crippen molar-refractivity contribution >= 4 is 39.1 Å². The molecule has 0 radical (unpaired) electrons. The van der Waals surface area contributed by atoms with Crippen molar-refractivity contribution in [2.45, 2.75) is 115 Å². The summed E-state index contributed by atoms with van der Waals surface area (Å²) in [6, 6.07) is 4.66. The van der Waals surface area contributed by atoms with E-state index in [2.05, 4.69) is 17.2 Å². The maximum Gasteiger partial charge on any atom is 0.313 e. The summed E-state index contributed by atoms with van der Waals surface area (Å²) >= 11 is 0. The van der Waals surface area contributed by atoms with Gasteiger partial charge in [-0.25, -0.2) is 13.4 Å². The highest BCUT2D eigenvalue weighted by Crippen LogP contribution is 2.38. The molecule has 0 bridgehead atoms. The van der Waals surface area contributed by atoms with Crippen LogP contribution in [0.5, 0.6) is 0 Å². The van der Waals surface area contributed by atoms with Crippen molar-refractivity contribution in [3.05, 3.63) is 18.2 Å². The molecule has 1 amide bonds. The minimum absolute atomic E-state index is 0.00127. The van der Waals surface area contributed by atoms with Gasteiger partial charge in [0.15, 0.2) is 0 Å². The molecule has 9 heteroatoms. The number of aliphatic imine (C=N–C) groups is 1. The average Bonchev–Trinajstić information content (AvgIpc) is 2.86. The number of unbranched alkanes of at least 4 members (excludes halogenated alkanes) is 12. The number of nitrogens with one attached hydrogen (secondary N) is 1. The Bertz CT molecular complexity index is 1010. The highest BCUT2D eigenvalue weighted by atomic mass is 32.2. The van der Waals surface area contributed by atoms with E-state index in [9.17, 15) is 18.0 Å². The molecule has 0 saturated carbocycles. The van der Waals surface area contributed by atoms with Crippen molar-refractivity contribution in [3.8, 4) is 0 Å². The Labute approximate surface area is 223 Å². The van der Waals surface area contributed by atoms with Gasteiger partial charge in [0.1, 0.15) is 22.8 Å². The molecule has 0 aromatic heterocycles. The van der Waals surface area contributed by atoms with Crippen LogP contribution in [0.3, 0.4) is 0 Å². The normalized spacial score (nSPS) is 14.1. The minimum atomic E-state index is -3.89. The molecule has 0 aliphatic carbocycles. The third-order valence-corrected chi connectivity index (χ3v) is 8.45. The Kier molecular flexibility index (Phi) is 13.7. The fourth-order valence-corrected chi connectivity index (χ4v) is 5.77. The van der Waals surface area contributed by atoms with Crippen molar-refractivity contribution in [2.75, 3.05) is 19.0 Å². The van der Waals surface area contributed by atoms with E-state index in [0.717, 1.165) is 23.6 Å². The van der Waals surface area contributed by atoms with Gasteiger partial charge in [-0.05, 0) is 25.5 Å². The van der Waals surface area contributed by atoms with Crippen LogP contribution < -0.4 is 5.32 Å². The first-order valence-corrected chi connectivity index (χ1v) is 15.4. The summed E-state index contributed by atoms with van der Waals surface area (Å²) in [6.45, 7) is 4.12. The summed E-state index contributed by atoms with van der Waals surface area (Å²) < 4.78 is 31.9. The van der Waals surface area contributed by atoms with Crippen molar-refractivity contribution in [1.29, 1.82) is 0 Å². The number of hydrogen-bond donors (Lipinski definition) is 1. The smallest absolute Gasteiger partial charge is 0.313 e. The molecule has 2 rings (SSSR count). The van der Waals surface area contributed by atoms with E-state index in [4.69, 9.17) is 4.74 Å². The van der Waals surface area contributed by atoms with Gasteiger partial charge in [0.2, 0.25) is 5.91 Å². The number of rotatable bonds is 18. The lowest BCUT2D eigenvalue weighted by Gasteiger charge is -2.27. The monoisotopic (exact) mass is 535 g/mol. The zero-order chi connectivity index (χ0) is 27.1. The molecule has 1 aliphatic rings. The number of amides is 1. The lowest BCUT2D eigenvalue weighted by molar-refractivity contribution is -0.141. The number of ether oxygens (including phenoxy) is 1. The predicted molar refractivity (Wildman–Crippen MR) is 149 cm³/mol. The lowest BCUT2D eigenvalue weighted by Crippen LogP contribution is -2.37. The molecule has 1 aromatic carbocycles. The van der Waals surface area contributed by atoms with E-state index in [1.54, 1.807) is 19.1 Å². The van der Waals surface area contributed by atoms with E-state index in [1.165, 1.54) is 77.3 Å². The van der Waals surface area contributed by atoms with Gasteiger partial charge in [-0.1, -0.05) is 90.0 Å². The maximum absolute atomic E-state index is 13.0. The highest BCUT2D eigenvalue weighted by molar-refractivity contribution is 7.90. The number of para-hydroxylation sites is 1. The average molecular weight is 536 g/mol. The van der Waals surface area contributed by atoms with Gasteiger partial charge in [0, 0.05) is 13.5 Å². The maximum atomic E-state index is 13.0. The molecule has 0 saturated heterocycles. The van der Waals surface area contributed by atoms with E-state index in [-0.39, 0.29) is 35.4 Å². The largest absolute Gasteiger partial charge is 0.466 e. The Hall–Kier alpha value is -2.42. The molecule has 0 atom stereocenters. The van der Waals surface area contributed by atoms with Gasteiger partial charge in [-0.15, -0.1) is 0 Å². The van der Waals surface area contributed by atoms with E-state index in [1.807, 2.05) is 0 Å². The van der Waals surface area contributed by atoms with Crippen LogP contribution in [-0.4, -0.2) is 44.1 Å². The topological polar surface area (TPSA) is 105 Å². The first-order chi connectivity index (χ1) is 17.8. The summed E-state index contributed by atoms with van der Waals surface area (Å²) in [6.07, 6.45) is 16.2. The molecule has 0 unspecified atom stereocenters. The highest BCUT2D eigenvalue weighted by Gasteiger charge is 2.34. The summed E-state index contributed by atoms with van der Waals surface area (Å²) in [7, 11) is -2.53. The van der Waals surface area contributed by atoms with E-state index >= 15 is 0 Å². The Morgan fingerprint density at radius 1 is 0.892 bits per heavy atom. The number of carbonyl (C=O) groups excluding carboxylic acids is 2. The van der Waals surface area contributed by atoms with Crippen LogP contribution in [0.2, 0.25) is 0 Å². The summed E-state index contributed by atoms with van der Waals surface area (Å²) in [4.78, 5) is 28.9. The third kappa shape index (κ3) is 10.1. The molecule has 1 N–H and O–H groups in total. The van der Waals surface area contributed by atoms with E-state index < -0.39 is 16.0 Å². The third-order valence-electron chi connectivity index (χ3n) is 6.63. The molecular weight excluding hydrogens is 490 g/mol. The number of carbonyl (C=O) groups is 2. The van der Waals surface area contributed by atoms with Crippen LogP contribution in [0, 0.1) is 0 Å². The molecule has 8 nitrogen and oxygen atoms in total. The van der Waals surface area contributed by atoms with Gasteiger partial charge in [0.25, 0.3) is 10.0 Å². The van der Waals surface area contributed by atoms with Crippen LogP contribution in [0.4, 0.5) is 11.4 Å². The van der Waals surface area contributed by atoms with Crippen LogP contribution in [-0.2, 0) is 24.3 Å². The minimum Gasteiger partial charge on any atom is -0.466 e.